The van der Waals surface area contributed by atoms with Crippen LogP contribution in [0.2, 0.25) is 0 Å². The maximum Gasteiger partial charge on any atom is 0.354 e. The highest BCUT2D eigenvalue weighted by atomic mass is 16.5. The fraction of sp³-hybridized carbons (Fsp3) is 0.500. The molecule has 0 aliphatic heterocycles. The molecule has 0 radical (unpaired) electrons. The molecule has 0 saturated carbocycles. The van der Waals surface area contributed by atoms with Gasteiger partial charge in [0.05, 0.1) is 6.61 Å². The van der Waals surface area contributed by atoms with E-state index in [0.717, 1.165) is 12.2 Å². The molecule has 0 bridgehead atoms. The van der Waals surface area contributed by atoms with E-state index in [1.807, 2.05) is 31.4 Å². The lowest BCUT2D eigenvalue weighted by Crippen LogP contribution is -2.12. The van der Waals surface area contributed by atoms with Crippen molar-refractivity contribution in [2.24, 2.45) is 0 Å². The molecule has 0 aliphatic carbocycles. The first kappa shape index (κ1) is 9.84. The van der Waals surface area contributed by atoms with Crippen molar-refractivity contribution in [3.63, 3.8) is 0 Å². The van der Waals surface area contributed by atoms with E-state index in [4.69, 9.17) is 4.74 Å². The van der Waals surface area contributed by atoms with Gasteiger partial charge in [-0.1, -0.05) is 0 Å². The van der Waals surface area contributed by atoms with Crippen LogP contribution in [0.4, 0.5) is 0 Å². The summed E-state index contributed by atoms with van der Waals surface area (Å²) in [6.07, 6.45) is 0. The summed E-state index contributed by atoms with van der Waals surface area (Å²) >= 11 is 0. The van der Waals surface area contributed by atoms with E-state index in [0.29, 0.717) is 12.3 Å². The number of carbonyl (C=O) groups excluding carboxylic acids is 1. The molecule has 0 N–H and O–H groups in total. The van der Waals surface area contributed by atoms with Gasteiger partial charge in [0.1, 0.15) is 5.69 Å². The van der Waals surface area contributed by atoms with Crippen LogP contribution in [-0.2, 0) is 11.3 Å². The van der Waals surface area contributed by atoms with Gasteiger partial charge in [0.25, 0.3) is 0 Å². The molecule has 0 amide bonds. The van der Waals surface area contributed by atoms with Crippen LogP contribution in [0.3, 0.4) is 0 Å². The van der Waals surface area contributed by atoms with Gasteiger partial charge in [-0.2, -0.15) is 0 Å². The molecule has 0 aromatic carbocycles. The molecule has 0 atom stereocenters. The summed E-state index contributed by atoms with van der Waals surface area (Å²) in [6.45, 7) is 7.02. The van der Waals surface area contributed by atoms with Gasteiger partial charge in [0.2, 0.25) is 0 Å². The quantitative estimate of drug-likeness (QED) is 0.668. The first-order chi connectivity index (χ1) is 6.20. The molecule has 1 heterocycles. The van der Waals surface area contributed by atoms with Crippen molar-refractivity contribution in [3.8, 4) is 0 Å². The third-order valence-electron chi connectivity index (χ3n) is 2.00. The Morgan fingerprint density at radius 2 is 2.15 bits per heavy atom. The number of rotatable bonds is 3. The zero-order valence-electron chi connectivity index (χ0n) is 8.33. The second-order valence-electron chi connectivity index (χ2n) is 2.82. The van der Waals surface area contributed by atoms with Crippen LogP contribution in [0.1, 0.15) is 30.0 Å². The maximum absolute atomic E-state index is 11.4. The summed E-state index contributed by atoms with van der Waals surface area (Å²) in [4.78, 5) is 11.4. The molecule has 0 saturated heterocycles. The Labute approximate surface area is 78.3 Å². The zero-order chi connectivity index (χ0) is 9.84. The number of hydrogen-bond acceptors (Lipinski definition) is 2. The molecular weight excluding hydrogens is 166 g/mol. The maximum atomic E-state index is 11.4. The fourth-order valence-corrected chi connectivity index (χ4v) is 1.37. The topological polar surface area (TPSA) is 31.2 Å². The number of carbonyl (C=O) groups is 1. The van der Waals surface area contributed by atoms with E-state index in [2.05, 4.69) is 0 Å². The zero-order valence-corrected chi connectivity index (χ0v) is 8.33. The van der Waals surface area contributed by atoms with Crippen LogP contribution in [0.5, 0.6) is 0 Å². The van der Waals surface area contributed by atoms with Crippen LogP contribution >= 0.6 is 0 Å². The Bertz CT molecular complexity index is 302. The number of ether oxygens (including phenoxy) is 1. The van der Waals surface area contributed by atoms with Crippen molar-refractivity contribution in [1.29, 1.82) is 0 Å². The fourth-order valence-electron chi connectivity index (χ4n) is 1.37. The van der Waals surface area contributed by atoms with E-state index in [1.165, 1.54) is 0 Å². The van der Waals surface area contributed by atoms with Gasteiger partial charge >= 0.3 is 5.97 Å². The van der Waals surface area contributed by atoms with Gasteiger partial charge in [0.15, 0.2) is 0 Å². The Kier molecular flexibility index (Phi) is 3.12. The highest BCUT2D eigenvalue weighted by molar-refractivity contribution is 5.87. The predicted octanol–water partition coefficient (Wildman–Crippen LogP) is 1.99. The first-order valence-corrected chi connectivity index (χ1v) is 4.54. The summed E-state index contributed by atoms with van der Waals surface area (Å²) < 4.78 is 6.87. The van der Waals surface area contributed by atoms with Crippen molar-refractivity contribution in [1.82, 2.24) is 4.57 Å². The summed E-state index contributed by atoms with van der Waals surface area (Å²) in [5.74, 6) is -0.238. The van der Waals surface area contributed by atoms with E-state index < -0.39 is 0 Å². The van der Waals surface area contributed by atoms with E-state index >= 15 is 0 Å². The largest absolute Gasteiger partial charge is 0.461 e. The van der Waals surface area contributed by atoms with Crippen molar-refractivity contribution >= 4 is 5.97 Å². The molecule has 0 fully saturated rings. The van der Waals surface area contributed by atoms with Gasteiger partial charge < -0.3 is 9.30 Å². The number of aryl methyl sites for hydroxylation is 1. The van der Waals surface area contributed by atoms with Crippen molar-refractivity contribution in [2.75, 3.05) is 6.61 Å². The third-order valence-corrected chi connectivity index (χ3v) is 2.00. The van der Waals surface area contributed by atoms with Crippen LogP contribution in [0.15, 0.2) is 12.1 Å². The van der Waals surface area contributed by atoms with Crippen molar-refractivity contribution < 1.29 is 9.53 Å². The molecule has 1 aromatic heterocycles. The van der Waals surface area contributed by atoms with Crippen LogP contribution in [-0.4, -0.2) is 17.1 Å². The van der Waals surface area contributed by atoms with Crippen molar-refractivity contribution in [3.05, 3.63) is 23.5 Å². The molecular formula is C10H15NO2. The normalized spacial score (nSPS) is 10.1. The minimum Gasteiger partial charge on any atom is -0.461 e. The molecule has 3 heteroatoms. The van der Waals surface area contributed by atoms with Crippen LogP contribution in [0, 0.1) is 6.92 Å². The number of aromatic nitrogens is 1. The Morgan fingerprint density at radius 1 is 1.46 bits per heavy atom. The lowest BCUT2D eigenvalue weighted by Gasteiger charge is -2.07. The number of hydrogen-bond donors (Lipinski definition) is 0. The smallest absolute Gasteiger partial charge is 0.354 e. The van der Waals surface area contributed by atoms with Gasteiger partial charge in [-0.25, -0.2) is 4.79 Å². The summed E-state index contributed by atoms with van der Waals surface area (Å²) in [7, 11) is 0. The van der Waals surface area contributed by atoms with Gasteiger partial charge in [-0.05, 0) is 32.9 Å². The monoisotopic (exact) mass is 181 g/mol. The molecule has 0 aliphatic rings. The second kappa shape index (κ2) is 4.12. The molecule has 13 heavy (non-hydrogen) atoms. The lowest BCUT2D eigenvalue weighted by molar-refractivity contribution is 0.0513. The van der Waals surface area contributed by atoms with Crippen molar-refractivity contribution in [2.45, 2.75) is 27.3 Å². The first-order valence-electron chi connectivity index (χ1n) is 4.54. The standard InChI is InChI=1S/C10H15NO2/c1-4-11-8(3)6-7-9(11)10(12)13-5-2/h6-7H,4-5H2,1-3H3. The van der Waals surface area contributed by atoms with Crippen LogP contribution in [0.25, 0.3) is 0 Å². The van der Waals surface area contributed by atoms with Gasteiger partial charge in [-0.15, -0.1) is 0 Å². The molecule has 1 rings (SSSR count). The molecule has 0 unspecified atom stereocenters. The van der Waals surface area contributed by atoms with Gasteiger partial charge in [0, 0.05) is 12.2 Å². The molecule has 1 aromatic rings. The average molecular weight is 181 g/mol. The van der Waals surface area contributed by atoms with Crippen LogP contribution < -0.4 is 0 Å². The summed E-state index contributed by atoms with van der Waals surface area (Å²) in [5, 5.41) is 0. The highest BCUT2D eigenvalue weighted by Gasteiger charge is 2.12. The Hall–Kier alpha value is -1.25. The molecule has 0 spiro atoms. The minimum absolute atomic E-state index is 0.238. The summed E-state index contributed by atoms with van der Waals surface area (Å²) in [6, 6.07) is 3.73. The van der Waals surface area contributed by atoms with E-state index in [-0.39, 0.29) is 5.97 Å². The minimum atomic E-state index is -0.238. The lowest BCUT2D eigenvalue weighted by atomic mass is 10.4. The second-order valence-corrected chi connectivity index (χ2v) is 2.82. The van der Waals surface area contributed by atoms with E-state index in [1.54, 1.807) is 6.07 Å². The van der Waals surface area contributed by atoms with E-state index in [9.17, 15) is 4.79 Å². The number of nitrogens with zero attached hydrogens (tertiary/aromatic N) is 1. The average Bonchev–Trinajstić information content (AvgIpc) is 2.47. The molecule has 3 nitrogen and oxygen atoms in total. The van der Waals surface area contributed by atoms with Gasteiger partial charge in [-0.3, -0.25) is 0 Å². The highest BCUT2D eigenvalue weighted by Crippen LogP contribution is 2.09. The number of esters is 1. The Balaban J connectivity index is 2.93. The SMILES string of the molecule is CCOC(=O)c1ccc(C)n1CC. The Morgan fingerprint density at radius 3 is 2.69 bits per heavy atom. The summed E-state index contributed by atoms with van der Waals surface area (Å²) in [5.41, 5.74) is 1.73. The predicted molar refractivity (Wildman–Crippen MR) is 50.8 cm³/mol. The third kappa shape index (κ3) is 1.91. The molecule has 72 valence electrons.